The highest BCUT2D eigenvalue weighted by Crippen LogP contribution is 2.42. The van der Waals surface area contributed by atoms with Crippen LogP contribution in [0.3, 0.4) is 0 Å². The van der Waals surface area contributed by atoms with Gasteiger partial charge in [0, 0.05) is 41.8 Å². The molecule has 3 aliphatic rings. The average molecular weight is 671 g/mol. The number of rotatable bonds is 7. The first kappa shape index (κ1) is 32.5. The van der Waals surface area contributed by atoms with Crippen molar-refractivity contribution in [3.8, 4) is 0 Å². The zero-order chi connectivity index (χ0) is 32.0. The van der Waals surface area contributed by atoms with Gasteiger partial charge in [0.25, 0.3) is 0 Å². The van der Waals surface area contributed by atoms with E-state index in [9.17, 15) is 26.8 Å². The fraction of sp³-hybridized carbons (Fsp3) is 0.517. The molecule has 0 amide bonds. The number of carbonyl (C=O) groups is 2. The standard InChI is InChI=1S/C29H33ClF2N4O6S2/c1-29(2,3)42-27(37)16-13-17(14-16)44(39,40)36-10-7-15(8-11-36)23-20(28(38)41-4)24(18-5-6-19(31)22(32)21(18)30)35-25(34-23)26-33-9-12-43-26/h5-6,9,12,15-17,24H,7-8,10-11,13-14H2,1-4H3,(H,34,35)/t16-,17-,24?. The van der Waals surface area contributed by atoms with Gasteiger partial charge in [-0.25, -0.2) is 31.3 Å². The normalized spacial score (nSPS) is 23.4. The molecule has 44 heavy (non-hydrogen) atoms. The number of hydrogen-bond acceptors (Lipinski definition) is 10. The van der Waals surface area contributed by atoms with Crippen LogP contribution in [0.5, 0.6) is 0 Å². The number of nitrogens with one attached hydrogen (secondary N) is 1. The smallest absolute Gasteiger partial charge is 0.338 e. The molecule has 5 rings (SSSR count). The van der Waals surface area contributed by atoms with Gasteiger partial charge in [0.1, 0.15) is 11.6 Å². The molecular weight excluding hydrogens is 638 g/mol. The number of nitrogens with zero attached hydrogens (tertiary/aromatic N) is 3. The van der Waals surface area contributed by atoms with Crippen molar-refractivity contribution in [3.63, 3.8) is 0 Å². The number of sulfonamides is 1. The monoisotopic (exact) mass is 670 g/mol. The Balaban J connectivity index is 1.39. The number of halogens is 3. The zero-order valence-electron chi connectivity index (χ0n) is 24.6. The number of methoxy groups -OCH3 is 1. The number of carbonyl (C=O) groups excluding carboxylic acids is 2. The van der Waals surface area contributed by atoms with Gasteiger partial charge in [0.2, 0.25) is 10.0 Å². The molecule has 1 atom stereocenters. The molecule has 15 heteroatoms. The van der Waals surface area contributed by atoms with Crippen LogP contribution in [-0.4, -0.2) is 66.5 Å². The average Bonchev–Trinajstić information content (AvgIpc) is 3.48. The predicted octanol–water partition coefficient (Wildman–Crippen LogP) is 4.76. The van der Waals surface area contributed by atoms with Gasteiger partial charge >= 0.3 is 11.9 Å². The first-order chi connectivity index (χ1) is 20.7. The highest BCUT2D eigenvalue weighted by Gasteiger charge is 2.47. The summed E-state index contributed by atoms with van der Waals surface area (Å²) >= 11 is 7.53. The Hall–Kier alpha value is -2.94. The van der Waals surface area contributed by atoms with Crippen LogP contribution >= 0.6 is 22.9 Å². The molecule has 1 saturated carbocycles. The van der Waals surface area contributed by atoms with E-state index in [1.165, 1.54) is 28.8 Å². The number of ether oxygens (including phenoxy) is 2. The van der Waals surface area contributed by atoms with Crippen molar-refractivity contribution in [2.75, 3.05) is 20.2 Å². The Labute approximate surface area is 263 Å². The lowest BCUT2D eigenvalue weighted by molar-refractivity contribution is -0.162. The largest absolute Gasteiger partial charge is 0.466 e. The summed E-state index contributed by atoms with van der Waals surface area (Å²) in [7, 11) is -2.46. The fourth-order valence-electron chi connectivity index (χ4n) is 5.64. The second-order valence-corrected chi connectivity index (χ2v) is 15.5. The second-order valence-electron chi connectivity index (χ2n) is 12.0. The lowest BCUT2D eigenvalue weighted by atomic mass is 9.85. The molecule has 0 spiro atoms. The molecule has 1 aromatic carbocycles. The van der Waals surface area contributed by atoms with E-state index in [4.69, 9.17) is 21.1 Å². The summed E-state index contributed by atoms with van der Waals surface area (Å²) in [6.07, 6.45) is 2.71. The summed E-state index contributed by atoms with van der Waals surface area (Å²) in [5, 5.41) is 4.29. The molecule has 2 aromatic rings. The molecule has 10 nitrogen and oxygen atoms in total. The molecule has 0 bridgehead atoms. The molecular formula is C29H33ClF2N4O6S2. The maximum absolute atomic E-state index is 14.6. The van der Waals surface area contributed by atoms with Crippen LogP contribution in [0.25, 0.3) is 0 Å². The minimum atomic E-state index is -3.67. The van der Waals surface area contributed by atoms with Crippen molar-refractivity contribution < 1.29 is 36.3 Å². The van der Waals surface area contributed by atoms with Crippen molar-refractivity contribution in [1.29, 1.82) is 0 Å². The van der Waals surface area contributed by atoms with Crippen LogP contribution in [0.4, 0.5) is 8.78 Å². The van der Waals surface area contributed by atoms with E-state index in [2.05, 4.69) is 15.3 Å². The molecule has 1 unspecified atom stereocenters. The van der Waals surface area contributed by atoms with E-state index in [0.717, 1.165) is 6.07 Å². The predicted molar refractivity (Wildman–Crippen MR) is 161 cm³/mol. The first-order valence-corrected chi connectivity index (χ1v) is 16.9. The van der Waals surface area contributed by atoms with Crippen LogP contribution in [0.1, 0.15) is 63.1 Å². The Morgan fingerprint density at radius 3 is 2.43 bits per heavy atom. The zero-order valence-corrected chi connectivity index (χ0v) is 27.0. The Morgan fingerprint density at radius 1 is 1.16 bits per heavy atom. The van der Waals surface area contributed by atoms with Gasteiger partial charge in [-0.2, -0.15) is 0 Å². The first-order valence-electron chi connectivity index (χ1n) is 14.1. The minimum Gasteiger partial charge on any atom is -0.466 e. The summed E-state index contributed by atoms with van der Waals surface area (Å²) in [4.78, 5) is 34.6. The lowest BCUT2D eigenvalue weighted by Gasteiger charge is -2.40. The van der Waals surface area contributed by atoms with Gasteiger partial charge in [-0.1, -0.05) is 17.7 Å². The molecule has 1 aromatic heterocycles. The number of amidine groups is 1. The molecule has 238 valence electrons. The number of benzene rings is 1. The summed E-state index contributed by atoms with van der Waals surface area (Å²) in [6.45, 7) is 5.67. The Morgan fingerprint density at radius 2 is 1.84 bits per heavy atom. The third kappa shape index (κ3) is 6.40. The third-order valence-corrected chi connectivity index (χ3v) is 11.4. The minimum absolute atomic E-state index is 0.0706. The Kier molecular flexibility index (Phi) is 9.18. The maximum Gasteiger partial charge on any atom is 0.338 e. The van der Waals surface area contributed by atoms with E-state index in [0.29, 0.717) is 29.4 Å². The molecule has 1 saturated heterocycles. The lowest BCUT2D eigenvalue weighted by Crippen LogP contribution is -2.50. The van der Waals surface area contributed by atoms with Crippen molar-refractivity contribution in [2.24, 2.45) is 16.8 Å². The van der Waals surface area contributed by atoms with Crippen molar-refractivity contribution >= 4 is 50.7 Å². The number of hydrogen-bond donors (Lipinski definition) is 1. The summed E-state index contributed by atoms with van der Waals surface area (Å²) in [5.74, 6) is -4.00. The number of aliphatic imine (C=N–C) groups is 1. The van der Waals surface area contributed by atoms with Gasteiger partial charge in [-0.3, -0.25) is 9.79 Å². The van der Waals surface area contributed by atoms with E-state index in [-0.39, 0.29) is 49.0 Å². The van der Waals surface area contributed by atoms with Crippen LogP contribution in [0.2, 0.25) is 5.02 Å². The number of allylic oxidation sites excluding steroid dienone is 1. The van der Waals surface area contributed by atoms with Crippen molar-refractivity contribution in [2.45, 2.75) is 63.3 Å². The quantitative estimate of drug-likeness (QED) is 0.330. The highest BCUT2D eigenvalue weighted by atomic mass is 35.5. The van der Waals surface area contributed by atoms with Gasteiger partial charge in [0.05, 0.1) is 28.9 Å². The van der Waals surface area contributed by atoms with Gasteiger partial charge in [-0.05, 0) is 52.5 Å². The highest BCUT2D eigenvalue weighted by molar-refractivity contribution is 7.89. The number of aromatic nitrogens is 1. The molecule has 1 aliphatic carbocycles. The van der Waals surface area contributed by atoms with Gasteiger partial charge in [0.15, 0.2) is 22.5 Å². The topological polar surface area (TPSA) is 127 Å². The van der Waals surface area contributed by atoms with E-state index < -0.39 is 55.5 Å². The van der Waals surface area contributed by atoms with E-state index in [1.54, 1.807) is 32.3 Å². The van der Waals surface area contributed by atoms with Crippen molar-refractivity contribution in [3.05, 3.63) is 62.2 Å². The van der Waals surface area contributed by atoms with Gasteiger partial charge in [-0.15, -0.1) is 11.3 Å². The summed E-state index contributed by atoms with van der Waals surface area (Å²) < 4.78 is 67.3. The Bertz CT molecular complexity index is 1610. The van der Waals surface area contributed by atoms with Gasteiger partial charge < -0.3 is 14.8 Å². The molecule has 2 aliphatic heterocycles. The van der Waals surface area contributed by atoms with Crippen molar-refractivity contribution in [1.82, 2.24) is 14.6 Å². The number of piperidine rings is 1. The van der Waals surface area contributed by atoms with Crippen LogP contribution < -0.4 is 5.32 Å². The SMILES string of the molecule is COC(=O)C1=C(C2CCN(S(=O)(=O)[C@H]3C[C@H](C(=O)OC(C)(C)C)C3)CC2)NC(c2nccs2)=NC1c1ccc(F)c(F)c1Cl. The van der Waals surface area contributed by atoms with E-state index >= 15 is 0 Å². The second kappa shape index (κ2) is 12.5. The van der Waals surface area contributed by atoms with Crippen LogP contribution in [0, 0.1) is 23.5 Å². The molecule has 2 fully saturated rings. The number of thiazole rings is 1. The summed E-state index contributed by atoms with van der Waals surface area (Å²) in [6, 6.07) is 1.06. The van der Waals surface area contributed by atoms with E-state index in [1.807, 2.05) is 0 Å². The molecule has 1 N–H and O–H groups in total. The molecule has 3 heterocycles. The maximum atomic E-state index is 14.6. The summed E-state index contributed by atoms with van der Waals surface area (Å²) in [5.41, 5.74) is -0.0639. The fourth-order valence-corrected chi connectivity index (χ4v) is 8.58. The third-order valence-electron chi connectivity index (χ3n) is 7.95. The molecule has 0 radical (unpaired) electrons. The number of esters is 2. The van der Waals surface area contributed by atoms with Crippen LogP contribution in [0.15, 0.2) is 40.0 Å². The van der Waals surface area contributed by atoms with Crippen LogP contribution in [-0.2, 0) is 29.1 Å².